The Morgan fingerprint density at radius 2 is 1.20 bits per heavy atom. The van der Waals surface area contributed by atoms with Crippen molar-refractivity contribution in [1.29, 1.82) is 0 Å². The van der Waals surface area contributed by atoms with Crippen LogP contribution in [-0.2, 0) is 19.1 Å². The molecule has 4 fully saturated rings. The van der Waals surface area contributed by atoms with Gasteiger partial charge in [0.2, 0.25) is 0 Å². The van der Waals surface area contributed by atoms with E-state index in [2.05, 4.69) is 27.3 Å². The van der Waals surface area contributed by atoms with E-state index in [1.54, 1.807) is 23.5 Å². The molecule has 6 heterocycles. The van der Waals surface area contributed by atoms with Gasteiger partial charge in [0.05, 0.1) is 48.1 Å². The number of piperidine rings is 2. The predicted octanol–water partition coefficient (Wildman–Crippen LogP) is 3.76. The number of aromatic nitrogens is 4. The molecule has 0 saturated carbocycles. The zero-order chi connectivity index (χ0) is 27.3. The van der Waals surface area contributed by atoms with E-state index >= 15 is 0 Å². The minimum absolute atomic E-state index is 0.183. The molecule has 0 amide bonds. The SMILES string of the molecule is O=C(OCCCSc1nsnc1C1CN2CCCC1C2)C(=O)OCCCSc1nsnc1C1CN2CCCC1C2. The van der Waals surface area contributed by atoms with Crippen LogP contribution in [0.25, 0.3) is 0 Å². The van der Waals surface area contributed by atoms with Crippen molar-refractivity contribution < 1.29 is 19.1 Å². The fourth-order valence-corrected chi connectivity index (χ4v) is 9.95. The van der Waals surface area contributed by atoms with E-state index in [1.165, 1.54) is 75.3 Å². The van der Waals surface area contributed by atoms with Crippen molar-refractivity contribution in [2.75, 3.05) is 64.0 Å². The van der Waals surface area contributed by atoms with Gasteiger partial charge in [-0.05, 0) is 63.5 Å². The molecule has 0 aliphatic carbocycles. The van der Waals surface area contributed by atoms with Gasteiger partial charge in [-0.1, -0.05) is 0 Å². The monoisotopic (exact) mass is 624 g/mol. The lowest BCUT2D eigenvalue weighted by Crippen LogP contribution is -2.25. The van der Waals surface area contributed by atoms with Gasteiger partial charge in [-0.2, -0.15) is 17.5 Å². The Labute approximate surface area is 252 Å². The zero-order valence-corrected chi connectivity index (χ0v) is 25.8. The van der Waals surface area contributed by atoms with Crippen LogP contribution in [0.4, 0.5) is 0 Å². The number of carbonyl (C=O) groups is 2. The highest BCUT2D eigenvalue weighted by Crippen LogP contribution is 2.42. The van der Waals surface area contributed by atoms with Gasteiger partial charge >= 0.3 is 11.9 Å². The van der Waals surface area contributed by atoms with E-state index in [-0.39, 0.29) is 13.2 Å². The maximum Gasteiger partial charge on any atom is 0.417 e. The molecule has 4 saturated heterocycles. The van der Waals surface area contributed by atoms with Crippen molar-refractivity contribution in [3.05, 3.63) is 11.4 Å². The number of thioether (sulfide) groups is 2. The van der Waals surface area contributed by atoms with Gasteiger partial charge in [0.25, 0.3) is 0 Å². The highest BCUT2D eigenvalue weighted by Gasteiger charge is 2.40. The Morgan fingerprint density at radius 3 is 1.65 bits per heavy atom. The summed E-state index contributed by atoms with van der Waals surface area (Å²) in [5.41, 5.74) is 2.29. The second-order valence-corrected chi connectivity index (χ2v) is 14.3. The standard InChI is InChI=1S/C26H36N6O4S4/c33-25(35-9-3-11-37-23-21(27-39-29-23)19-15-31-7-1-5-17(19)13-31)26(34)36-10-4-12-38-24-22(28-40-30-24)20-16-32-8-2-6-18(20)14-32/h17-20H,1-16H2. The summed E-state index contributed by atoms with van der Waals surface area (Å²) in [6.07, 6.45) is 6.38. The summed E-state index contributed by atoms with van der Waals surface area (Å²) < 4.78 is 28.6. The van der Waals surface area contributed by atoms with Gasteiger partial charge in [-0.25, -0.2) is 9.59 Å². The second kappa shape index (κ2) is 13.8. The van der Waals surface area contributed by atoms with Crippen LogP contribution >= 0.6 is 47.0 Å². The molecular weight excluding hydrogens is 589 g/mol. The first kappa shape index (κ1) is 28.8. The molecule has 6 rings (SSSR count). The van der Waals surface area contributed by atoms with E-state index in [0.29, 0.717) is 36.5 Å². The van der Waals surface area contributed by atoms with Crippen molar-refractivity contribution in [3.8, 4) is 0 Å². The van der Waals surface area contributed by atoms with E-state index in [9.17, 15) is 9.59 Å². The third-order valence-corrected chi connectivity index (χ3v) is 11.9. The fourth-order valence-electron chi connectivity index (χ4n) is 6.58. The second-order valence-electron chi connectivity index (χ2n) is 11.1. The minimum atomic E-state index is -0.922. The molecule has 0 aromatic carbocycles. The molecule has 14 heteroatoms. The third kappa shape index (κ3) is 6.83. The van der Waals surface area contributed by atoms with E-state index < -0.39 is 11.9 Å². The molecular formula is C26H36N6O4S4. The van der Waals surface area contributed by atoms with Crippen molar-refractivity contribution >= 4 is 58.9 Å². The number of esters is 2. The third-order valence-electron chi connectivity index (χ3n) is 8.49. The van der Waals surface area contributed by atoms with Crippen molar-refractivity contribution in [2.24, 2.45) is 11.8 Å². The Bertz CT molecular complexity index is 1080. The first-order valence-electron chi connectivity index (χ1n) is 14.3. The van der Waals surface area contributed by atoms with Crippen LogP contribution in [0, 0.1) is 11.8 Å². The van der Waals surface area contributed by atoms with E-state index in [4.69, 9.17) is 9.47 Å². The first-order valence-corrected chi connectivity index (χ1v) is 17.8. The number of nitrogens with zero attached hydrogens (tertiary/aromatic N) is 6. The van der Waals surface area contributed by atoms with Crippen LogP contribution in [-0.4, -0.2) is 103 Å². The number of hydrogen-bond acceptors (Lipinski definition) is 14. The van der Waals surface area contributed by atoms with Crippen molar-refractivity contribution in [3.63, 3.8) is 0 Å². The van der Waals surface area contributed by atoms with Gasteiger partial charge in [-0.3, -0.25) is 0 Å². The summed E-state index contributed by atoms with van der Waals surface area (Å²) in [6, 6.07) is 0. The summed E-state index contributed by atoms with van der Waals surface area (Å²) >= 11 is 5.90. The van der Waals surface area contributed by atoms with Crippen LogP contribution in [0.1, 0.15) is 61.7 Å². The highest BCUT2D eigenvalue weighted by atomic mass is 32.2. The fraction of sp³-hybridized carbons (Fsp3) is 0.769. The van der Waals surface area contributed by atoms with Crippen LogP contribution < -0.4 is 0 Å². The molecule has 4 aliphatic rings. The number of fused-ring (bicyclic) bond motifs is 4. The lowest BCUT2D eigenvalue weighted by Gasteiger charge is -2.21. The van der Waals surface area contributed by atoms with Gasteiger partial charge < -0.3 is 19.3 Å². The smallest absolute Gasteiger partial charge is 0.417 e. The van der Waals surface area contributed by atoms with Gasteiger partial charge in [0.1, 0.15) is 10.1 Å². The van der Waals surface area contributed by atoms with Crippen LogP contribution in [0.3, 0.4) is 0 Å². The highest BCUT2D eigenvalue weighted by molar-refractivity contribution is 7.99. The molecule has 6 atom stereocenters. The molecule has 0 spiro atoms. The van der Waals surface area contributed by atoms with Gasteiger partial charge in [-0.15, -0.1) is 23.5 Å². The van der Waals surface area contributed by atoms with E-state index in [0.717, 1.165) is 46.0 Å². The number of carbonyl (C=O) groups excluding carboxylic acids is 2. The zero-order valence-electron chi connectivity index (χ0n) is 22.6. The summed E-state index contributed by atoms with van der Waals surface area (Å²) in [4.78, 5) is 29.2. The van der Waals surface area contributed by atoms with Crippen molar-refractivity contribution in [1.82, 2.24) is 27.3 Å². The van der Waals surface area contributed by atoms with Crippen molar-refractivity contribution in [2.45, 2.75) is 60.4 Å². The maximum atomic E-state index is 12.0. The molecule has 2 aromatic heterocycles. The Hall–Kier alpha value is -1.32. The summed E-state index contributed by atoms with van der Waals surface area (Å²) in [5.74, 6) is 2.03. The van der Waals surface area contributed by atoms with Crippen LogP contribution in [0.5, 0.6) is 0 Å². The quantitative estimate of drug-likeness (QED) is 0.148. The number of ether oxygens (including phenoxy) is 2. The Balaban J connectivity index is 0.839. The lowest BCUT2D eigenvalue weighted by molar-refractivity contribution is -0.167. The molecule has 4 aliphatic heterocycles. The Kier molecular flexibility index (Phi) is 9.91. The molecule has 4 bridgehead atoms. The molecule has 6 unspecified atom stereocenters. The largest absolute Gasteiger partial charge is 0.457 e. The van der Waals surface area contributed by atoms with E-state index in [1.807, 2.05) is 0 Å². The minimum Gasteiger partial charge on any atom is -0.457 e. The lowest BCUT2D eigenvalue weighted by atomic mass is 9.89. The number of hydrogen-bond donors (Lipinski definition) is 0. The maximum absolute atomic E-state index is 12.0. The molecule has 0 radical (unpaired) electrons. The molecule has 40 heavy (non-hydrogen) atoms. The average molecular weight is 625 g/mol. The Morgan fingerprint density at radius 1 is 0.725 bits per heavy atom. The number of rotatable bonds is 12. The normalized spacial score (nSPS) is 29.0. The molecule has 0 N–H and O–H groups in total. The summed E-state index contributed by atoms with van der Waals surface area (Å²) in [6.45, 7) is 7.30. The molecule has 2 aromatic rings. The molecule has 218 valence electrons. The topological polar surface area (TPSA) is 111 Å². The van der Waals surface area contributed by atoms with Gasteiger partial charge in [0.15, 0.2) is 0 Å². The van der Waals surface area contributed by atoms with Crippen LogP contribution in [0.15, 0.2) is 10.1 Å². The first-order chi connectivity index (χ1) is 19.7. The molecule has 10 nitrogen and oxygen atoms in total. The summed E-state index contributed by atoms with van der Waals surface area (Å²) in [5, 5.41) is 2.02. The average Bonchev–Trinajstić information content (AvgIpc) is 3.74. The predicted molar refractivity (Wildman–Crippen MR) is 156 cm³/mol. The summed E-state index contributed by atoms with van der Waals surface area (Å²) in [7, 11) is 0. The van der Waals surface area contributed by atoms with Crippen LogP contribution in [0.2, 0.25) is 0 Å². The van der Waals surface area contributed by atoms with Gasteiger partial charge in [0, 0.05) is 49.5 Å².